The normalized spacial score (nSPS) is 18.6. The molecule has 1 aliphatic carbocycles. The van der Waals surface area contributed by atoms with Crippen molar-refractivity contribution in [2.75, 3.05) is 4.90 Å². The van der Waals surface area contributed by atoms with Gasteiger partial charge in [0.05, 0.1) is 13.4 Å². The maximum atomic E-state index is 15.0. The molecular weight excluding hydrogens is 722 g/mol. The van der Waals surface area contributed by atoms with Crippen molar-refractivity contribution in [2.24, 2.45) is 0 Å². The fraction of sp³-hybridized carbons (Fsp3) is 0.160. The minimum Gasteiger partial charge on any atom is -0.328 e. The minimum atomic E-state index is -2.96. The molecule has 3 aliphatic rings. The lowest BCUT2D eigenvalue weighted by Crippen LogP contribution is -2.38. The van der Waals surface area contributed by atoms with Crippen molar-refractivity contribution >= 4 is 59.5 Å². The van der Waals surface area contributed by atoms with Crippen molar-refractivity contribution in [1.29, 1.82) is 0 Å². The number of hydrogen-bond donors (Lipinski definition) is 0. The molecule has 0 saturated carbocycles. The summed E-state index contributed by atoms with van der Waals surface area (Å²) in [6, 6.07) is 57.2. The smallest absolute Gasteiger partial charge is 0.172 e. The molecule has 0 fully saturated rings. The number of thioether (sulfide) groups is 1. The van der Waals surface area contributed by atoms with Crippen molar-refractivity contribution in [1.82, 2.24) is 0 Å². The van der Waals surface area contributed by atoms with Gasteiger partial charge in [-0.15, -0.1) is 11.8 Å². The molecule has 2 atom stereocenters. The average molecular weight is 766 g/mol. The van der Waals surface area contributed by atoms with E-state index in [0.717, 1.165) is 44.6 Å². The molecule has 270 valence electrons. The van der Waals surface area contributed by atoms with E-state index in [2.05, 4.69) is 160 Å². The molecule has 7 aromatic rings. The van der Waals surface area contributed by atoms with E-state index >= 15 is 0 Å². The molecule has 0 bridgehead atoms. The van der Waals surface area contributed by atoms with Gasteiger partial charge in [-0.1, -0.05) is 154 Å². The van der Waals surface area contributed by atoms with E-state index in [0.29, 0.717) is 0 Å². The molecule has 2 unspecified atom stereocenters. The van der Waals surface area contributed by atoms with Crippen molar-refractivity contribution < 1.29 is 4.57 Å². The molecule has 0 aromatic heterocycles. The molecule has 0 radical (unpaired) electrons. The van der Waals surface area contributed by atoms with Crippen molar-refractivity contribution in [3.05, 3.63) is 174 Å². The van der Waals surface area contributed by atoms with Crippen molar-refractivity contribution in [3.8, 4) is 33.4 Å². The highest BCUT2D eigenvalue weighted by molar-refractivity contribution is 8.00. The molecule has 0 saturated heterocycles. The molecule has 55 heavy (non-hydrogen) atoms. The molecule has 5 heteroatoms. The zero-order valence-electron chi connectivity index (χ0n) is 32.0. The molecule has 10 rings (SSSR count). The van der Waals surface area contributed by atoms with Crippen molar-refractivity contribution in [3.63, 3.8) is 0 Å². The number of rotatable bonds is 6. The van der Waals surface area contributed by atoms with Gasteiger partial charge in [-0.3, -0.25) is 0 Å². The van der Waals surface area contributed by atoms with Gasteiger partial charge in [-0.05, 0) is 92.5 Å². The number of fused-ring (bicyclic) bond motifs is 7. The Labute approximate surface area is 330 Å². The van der Waals surface area contributed by atoms with E-state index in [1.165, 1.54) is 49.3 Å². The summed E-state index contributed by atoms with van der Waals surface area (Å²) in [7, 11) is -4.42. The monoisotopic (exact) mass is 765 g/mol. The lowest BCUT2D eigenvalue weighted by Gasteiger charge is -2.32. The Morgan fingerprint density at radius 3 is 2.00 bits per heavy atom. The number of anilines is 2. The lowest BCUT2D eigenvalue weighted by molar-refractivity contribution is 0.593. The molecular formula is C50H44NOPSSi. The van der Waals surface area contributed by atoms with E-state index in [9.17, 15) is 4.57 Å². The quantitative estimate of drug-likeness (QED) is 0.124. The fourth-order valence-electron chi connectivity index (χ4n) is 9.17. The highest BCUT2D eigenvalue weighted by Crippen LogP contribution is 2.54. The SMILES string of the molecule is CC1(C)c2cc(N(c3ccc(-c4ccc5c(c4)-c4ccccc4P5(=O)c4ccccc4)cc3)C3Cc4ccccc4S3)ccc2-c2ccc([Si](C)(C)C)cc21. The molecule has 2 nitrogen and oxygen atoms in total. The van der Waals surface area contributed by atoms with E-state index in [1.807, 2.05) is 48.2 Å². The lowest BCUT2D eigenvalue weighted by atomic mass is 9.82. The molecule has 0 amide bonds. The predicted octanol–water partition coefficient (Wildman–Crippen LogP) is 11.6. The van der Waals surface area contributed by atoms with Crippen LogP contribution in [0.3, 0.4) is 0 Å². The summed E-state index contributed by atoms with van der Waals surface area (Å²) in [5.41, 5.74) is 13.8. The second-order valence-corrected chi connectivity index (χ2v) is 25.9. The largest absolute Gasteiger partial charge is 0.328 e. The fourth-order valence-corrected chi connectivity index (χ4v) is 14.7. The summed E-state index contributed by atoms with van der Waals surface area (Å²) in [5, 5.41) is 4.51. The standard InChI is InChI=1S/C50H44NOPSSi/c1-50(2)44-31-37(24-26-40(44)41-27-25-39(32-45(41)50)55(3,4)5)51(49-30-35-13-9-12-18-48(35)54-49)36-22-19-33(20-23-36)34-21-28-47-43(29-34)42-16-10-11-17-46(42)53(47,52)38-14-7-6-8-15-38/h6-29,31-32,49H,30H2,1-5H3. The molecule has 7 aromatic carbocycles. The Morgan fingerprint density at radius 1 is 0.600 bits per heavy atom. The third-order valence-corrected chi connectivity index (χ3v) is 18.7. The summed E-state index contributed by atoms with van der Waals surface area (Å²) in [5.74, 6) is 0. The maximum Gasteiger partial charge on any atom is 0.172 e. The van der Waals surface area contributed by atoms with Crippen LogP contribution in [0.4, 0.5) is 11.4 Å². The number of nitrogens with zero attached hydrogens (tertiary/aromatic N) is 1. The first-order valence-electron chi connectivity index (χ1n) is 19.4. The summed E-state index contributed by atoms with van der Waals surface area (Å²) in [4.78, 5) is 3.93. The van der Waals surface area contributed by atoms with Crippen LogP contribution < -0.4 is 26.0 Å². The highest BCUT2D eigenvalue weighted by atomic mass is 32.2. The van der Waals surface area contributed by atoms with Gasteiger partial charge >= 0.3 is 0 Å². The van der Waals surface area contributed by atoms with Crippen LogP contribution in [0.25, 0.3) is 33.4 Å². The molecule has 0 spiro atoms. The zero-order chi connectivity index (χ0) is 37.7. The maximum absolute atomic E-state index is 15.0. The third kappa shape index (κ3) is 5.40. The Kier molecular flexibility index (Phi) is 7.92. The topological polar surface area (TPSA) is 20.3 Å². The van der Waals surface area contributed by atoms with Crippen LogP contribution in [0.15, 0.2) is 163 Å². The van der Waals surface area contributed by atoms with E-state index in [1.54, 1.807) is 0 Å². The Morgan fingerprint density at radius 2 is 1.24 bits per heavy atom. The van der Waals surface area contributed by atoms with Crippen molar-refractivity contribution in [2.45, 2.75) is 55.6 Å². The van der Waals surface area contributed by atoms with Crippen LogP contribution in [-0.4, -0.2) is 13.4 Å². The summed E-state index contributed by atoms with van der Waals surface area (Å²) in [6.07, 6.45) is 0.981. The molecule has 2 aliphatic heterocycles. The van der Waals surface area contributed by atoms with Crippen LogP contribution in [0, 0.1) is 0 Å². The summed E-state index contributed by atoms with van der Waals surface area (Å²) >= 11 is 1.97. The molecule has 0 N–H and O–H groups in total. The van der Waals surface area contributed by atoms with E-state index < -0.39 is 15.2 Å². The van der Waals surface area contributed by atoms with Gasteiger partial charge in [0, 0.05) is 44.0 Å². The van der Waals surface area contributed by atoms with Crippen LogP contribution >= 0.6 is 18.9 Å². The van der Waals surface area contributed by atoms with E-state index in [-0.39, 0.29) is 10.8 Å². The van der Waals surface area contributed by atoms with Crippen LogP contribution in [-0.2, 0) is 16.4 Å². The predicted molar refractivity (Wildman–Crippen MR) is 239 cm³/mol. The Hall–Kier alpha value is -4.86. The van der Waals surface area contributed by atoms with Gasteiger partial charge < -0.3 is 9.46 Å². The first-order valence-corrected chi connectivity index (χ1v) is 25.4. The Balaban J connectivity index is 1.04. The minimum absolute atomic E-state index is 0.0890. The van der Waals surface area contributed by atoms with Gasteiger partial charge in [-0.2, -0.15) is 0 Å². The van der Waals surface area contributed by atoms with Gasteiger partial charge in [0.15, 0.2) is 7.14 Å². The van der Waals surface area contributed by atoms with Gasteiger partial charge in [0.2, 0.25) is 0 Å². The first-order chi connectivity index (χ1) is 26.5. The molecule has 2 heterocycles. The van der Waals surface area contributed by atoms with Gasteiger partial charge in [0.1, 0.15) is 0 Å². The van der Waals surface area contributed by atoms with Gasteiger partial charge in [0.25, 0.3) is 0 Å². The second-order valence-electron chi connectivity index (χ2n) is 16.9. The van der Waals surface area contributed by atoms with Crippen LogP contribution in [0.2, 0.25) is 19.6 Å². The van der Waals surface area contributed by atoms with Crippen LogP contribution in [0.1, 0.15) is 30.5 Å². The Bertz CT molecular complexity index is 2690. The zero-order valence-corrected chi connectivity index (χ0v) is 34.7. The number of hydrogen-bond acceptors (Lipinski definition) is 3. The van der Waals surface area contributed by atoms with E-state index in [4.69, 9.17) is 0 Å². The number of benzene rings is 7. The van der Waals surface area contributed by atoms with Gasteiger partial charge in [-0.25, -0.2) is 0 Å². The van der Waals surface area contributed by atoms with Crippen LogP contribution in [0.5, 0.6) is 0 Å². The second kappa shape index (κ2) is 12.6. The average Bonchev–Trinajstić information content (AvgIpc) is 3.82. The first kappa shape index (κ1) is 34.6. The highest BCUT2D eigenvalue weighted by Gasteiger charge is 2.41. The summed E-state index contributed by atoms with van der Waals surface area (Å²) in [6.45, 7) is 12.1. The third-order valence-electron chi connectivity index (χ3n) is 12.2. The summed E-state index contributed by atoms with van der Waals surface area (Å²) < 4.78 is 15.0.